The highest BCUT2D eigenvalue weighted by Crippen LogP contribution is 2.50. The fourth-order valence-electron chi connectivity index (χ4n) is 10.4. The van der Waals surface area contributed by atoms with Gasteiger partial charge in [-0.3, -0.25) is 0 Å². The third kappa shape index (κ3) is 8.16. The summed E-state index contributed by atoms with van der Waals surface area (Å²) in [5.74, 6) is -0.250. The second-order valence-electron chi connectivity index (χ2n) is 18.1. The molecule has 0 aliphatic rings. The van der Waals surface area contributed by atoms with Crippen molar-refractivity contribution in [2.75, 3.05) is 24.0 Å². The molecule has 0 aromatic heterocycles. The zero-order chi connectivity index (χ0) is 50.5. The average Bonchev–Trinajstić information content (AvgIpc) is 3.46. The summed E-state index contributed by atoms with van der Waals surface area (Å²) < 4.78 is 74.5. The average molecular weight is 973 g/mol. The first-order chi connectivity index (χ1) is 36.2. The number of anilines is 6. The van der Waals surface area contributed by atoms with Crippen LogP contribution in [0.25, 0.3) is 76.8 Å². The first-order valence-electron chi connectivity index (χ1n) is 24.1. The molecule has 12 rings (SSSR count). The molecule has 0 N–H and O–H groups in total. The van der Waals surface area contributed by atoms with Gasteiger partial charge < -0.3 is 19.3 Å². The van der Waals surface area contributed by atoms with Crippen LogP contribution in [0.1, 0.15) is 0 Å². The van der Waals surface area contributed by atoms with E-state index >= 15 is 17.6 Å². The number of benzene rings is 12. The van der Waals surface area contributed by atoms with Crippen LogP contribution in [0.4, 0.5) is 51.7 Å². The third-order valence-electron chi connectivity index (χ3n) is 13.9. The molecule has 12 aromatic rings. The van der Waals surface area contributed by atoms with Crippen LogP contribution in [-0.4, -0.2) is 14.2 Å². The minimum absolute atomic E-state index is 0.381. The third-order valence-corrected chi connectivity index (χ3v) is 13.9. The van der Waals surface area contributed by atoms with Crippen molar-refractivity contribution in [2.24, 2.45) is 0 Å². The van der Waals surface area contributed by atoms with E-state index in [1.165, 1.54) is 24.3 Å². The van der Waals surface area contributed by atoms with Crippen LogP contribution in [0.3, 0.4) is 0 Å². The van der Waals surface area contributed by atoms with Crippen molar-refractivity contribution in [2.45, 2.75) is 0 Å². The molecule has 0 spiro atoms. The first-order valence-corrected chi connectivity index (χ1v) is 24.1. The van der Waals surface area contributed by atoms with Crippen LogP contribution in [-0.2, 0) is 0 Å². The molecule has 0 atom stereocenters. The number of halogens is 4. The first kappa shape index (κ1) is 45.7. The summed E-state index contributed by atoms with van der Waals surface area (Å²) >= 11 is 0. The molecular weight excluding hydrogens is 929 g/mol. The number of nitrogens with zero attached hydrogens (tertiary/aromatic N) is 2. The highest BCUT2D eigenvalue weighted by Gasteiger charge is 2.25. The highest BCUT2D eigenvalue weighted by atomic mass is 19.1. The molecule has 0 aliphatic carbocycles. The lowest BCUT2D eigenvalue weighted by atomic mass is 9.91. The number of hydrogen-bond acceptors (Lipinski definition) is 4. The van der Waals surface area contributed by atoms with Crippen molar-refractivity contribution in [1.29, 1.82) is 0 Å². The standard InChI is InChI=1S/C66H44F4N2O2/c1-73-51-27-23-47(24-28-51)71(49-37-43(53-11-3-7-15-59(53)67)35-44(38-49)54-12-4-8-16-60(54)68)63-33-21-41-20-32-58-64(34-22-42-19-31-57(63)65(41)66(42)58)72(48-25-29-52(74-2)30-26-48)50-39-45(55-13-5-9-17-61(55)69)36-46(40-50)56-14-6-10-18-62(56)70/h3-40H,1-2H3. The van der Waals surface area contributed by atoms with E-state index < -0.39 is 23.3 Å². The van der Waals surface area contributed by atoms with Gasteiger partial charge in [0.1, 0.15) is 34.8 Å². The van der Waals surface area contributed by atoms with E-state index in [2.05, 4.69) is 58.3 Å². The Balaban J connectivity index is 1.12. The molecule has 0 bridgehead atoms. The second kappa shape index (κ2) is 19.0. The molecule has 0 radical (unpaired) electrons. The Hall–Kier alpha value is -9.40. The lowest BCUT2D eigenvalue weighted by Crippen LogP contribution is -2.12. The van der Waals surface area contributed by atoms with Crippen LogP contribution in [0.5, 0.6) is 11.5 Å². The molecule has 0 fully saturated rings. The molecule has 0 amide bonds. The van der Waals surface area contributed by atoms with Gasteiger partial charge in [-0.1, -0.05) is 109 Å². The van der Waals surface area contributed by atoms with Crippen LogP contribution in [0.2, 0.25) is 0 Å². The zero-order valence-electron chi connectivity index (χ0n) is 40.2. The molecule has 358 valence electrons. The maximum absolute atomic E-state index is 15.8. The van der Waals surface area contributed by atoms with Gasteiger partial charge in [0, 0.05) is 55.8 Å². The van der Waals surface area contributed by atoms with E-state index in [0.29, 0.717) is 67.4 Å². The van der Waals surface area contributed by atoms with E-state index in [9.17, 15) is 0 Å². The van der Waals surface area contributed by atoms with E-state index in [1.807, 2.05) is 84.9 Å². The van der Waals surface area contributed by atoms with E-state index in [1.54, 1.807) is 87.0 Å². The van der Waals surface area contributed by atoms with Crippen molar-refractivity contribution < 1.29 is 27.0 Å². The summed E-state index contributed by atoms with van der Waals surface area (Å²) in [7, 11) is 3.25. The number of methoxy groups -OCH3 is 2. The lowest BCUT2D eigenvalue weighted by molar-refractivity contribution is 0.414. The predicted molar refractivity (Wildman–Crippen MR) is 294 cm³/mol. The minimum Gasteiger partial charge on any atom is -0.497 e. The Kier molecular flexibility index (Phi) is 11.7. The maximum atomic E-state index is 15.8. The fraction of sp³-hybridized carbons (Fsp3) is 0.0303. The van der Waals surface area contributed by atoms with Gasteiger partial charge in [0.25, 0.3) is 0 Å². The van der Waals surface area contributed by atoms with Crippen LogP contribution < -0.4 is 19.3 Å². The van der Waals surface area contributed by atoms with Gasteiger partial charge in [0.05, 0.1) is 25.6 Å². The normalized spacial score (nSPS) is 11.4. The summed E-state index contributed by atoms with van der Waals surface area (Å²) in [5.41, 5.74) is 8.42. The van der Waals surface area contributed by atoms with Gasteiger partial charge in [-0.15, -0.1) is 0 Å². The smallest absolute Gasteiger partial charge is 0.131 e. The van der Waals surface area contributed by atoms with Crippen molar-refractivity contribution in [3.8, 4) is 56.0 Å². The molecule has 12 aromatic carbocycles. The molecule has 0 saturated carbocycles. The van der Waals surface area contributed by atoms with Gasteiger partial charge >= 0.3 is 0 Å². The SMILES string of the molecule is COc1ccc(N(c2cc(-c3ccccc3F)cc(-c3ccccc3F)c2)c2ccc3ccc4c(N(c5ccc(OC)cc5)c5cc(-c6ccccc6F)cc(-c6ccccc6F)c5)ccc5ccc2c3c54)cc1. The summed E-state index contributed by atoms with van der Waals surface area (Å²) in [6, 6.07) is 70.3. The van der Waals surface area contributed by atoms with E-state index in [0.717, 1.165) is 55.1 Å². The Morgan fingerprint density at radius 3 is 0.892 bits per heavy atom. The fourth-order valence-corrected chi connectivity index (χ4v) is 10.4. The summed E-state index contributed by atoms with van der Waals surface area (Å²) in [4.78, 5) is 4.26. The minimum atomic E-state index is -0.398. The molecule has 0 aliphatic heterocycles. The van der Waals surface area contributed by atoms with E-state index in [4.69, 9.17) is 9.47 Å². The summed E-state index contributed by atoms with van der Waals surface area (Å²) in [5, 5.41) is 5.85. The predicted octanol–water partition coefficient (Wildman–Crippen LogP) is 18.8. The Morgan fingerprint density at radius 2 is 0.595 bits per heavy atom. The molecule has 0 heterocycles. The Morgan fingerprint density at radius 1 is 0.297 bits per heavy atom. The van der Waals surface area contributed by atoms with Gasteiger partial charge in [0.15, 0.2) is 0 Å². The molecule has 0 unspecified atom stereocenters. The molecular formula is C66H44F4N2O2. The van der Waals surface area contributed by atoms with Crippen molar-refractivity contribution in [3.05, 3.63) is 254 Å². The second-order valence-corrected chi connectivity index (χ2v) is 18.1. The Bertz CT molecular complexity index is 3670. The summed E-state index contributed by atoms with van der Waals surface area (Å²) in [6.45, 7) is 0. The zero-order valence-corrected chi connectivity index (χ0v) is 40.2. The molecule has 8 heteroatoms. The monoisotopic (exact) mass is 972 g/mol. The molecule has 0 saturated heterocycles. The van der Waals surface area contributed by atoms with E-state index in [-0.39, 0.29) is 0 Å². The lowest BCUT2D eigenvalue weighted by Gasteiger charge is -2.30. The van der Waals surface area contributed by atoms with Gasteiger partial charge in [0.2, 0.25) is 0 Å². The van der Waals surface area contributed by atoms with Crippen molar-refractivity contribution in [1.82, 2.24) is 0 Å². The van der Waals surface area contributed by atoms with Crippen LogP contribution in [0.15, 0.2) is 231 Å². The molecule has 4 nitrogen and oxygen atoms in total. The van der Waals surface area contributed by atoms with Gasteiger partial charge in [-0.2, -0.15) is 0 Å². The van der Waals surface area contributed by atoms with Crippen molar-refractivity contribution in [3.63, 3.8) is 0 Å². The maximum Gasteiger partial charge on any atom is 0.131 e. The number of hydrogen-bond donors (Lipinski definition) is 0. The van der Waals surface area contributed by atoms with Crippen LogP contribution >= 0.6 is 0 Å². The number of rotatable bonds is 12. The Labute approximate surface area is 425 Å². The quantitative estimate of drug-likeness (QED) is 0.0900. The molecule has 74 heavy (non-hydrogen) atoms. The van der Waals surface area contributed by atoms with Crippen LogP contribution in [0, 0.1) is 23.3 Å². The summed E-state index contributed by atoms with van der Waals surface area (Å²) in [6.07, 6.45) is 0. The van der Waals surface area contributed by atoms with Gasteiger partial charge in [-0.25, -0.2) is 17.6 Å². The largest absolute Gasteiger partial charge is 0.497 e. The van der Waals surface area contributed by atoms with Gasteiger partial charge in [-0.05, 0) is 165 Å². The highest BCUT2D eigenvalue weighted by molar-refractivity contribution is 6.28. The topological polar surface area (TPSA) is 24.9 Å². The number of ether oxygens (including phenoxy) is 2. The van der Waals surface area contributed by atoms with Crippen molar-refractivity contribution >= 4 is 66.4 Å².